The molecule has 0 saturated carbocycles. The van der Waals surface area contributed by atoms with Crippen molar-refractivity contribution in [3.63, 3.8) is 0 Å². The Labute approximate surface area is 216 Å². The van der Waals surface area contributed by atoms with E-state index in [-0.39, 0.29) is 37.3 Å². The third kappa shape index (κ3) is 3.90. The number of urea groups is 2. The third-order valence-electron chi connectivity index (χ3n) is 7.05. The second-order valence-corrected chi connectivity index (χ2v) is 9.40. The third-order valence-corrected chi connectivity index (χ3v) is 7.05. The van der Waals surface area contributed by atoms with Crippen LogP contribution in [-0.4, -0.2) is 58.9 Å². The van der Waals surface area contributed by atoms with Crippen molar-refractivity contribution in [2.45, 2.75) is 25.0 Å². The Morgan fingerprint density at radius 2 is 2.05 bits per heavy atom. The van der Waals surface area contributed by atoms with E-state index in [1.807, 2.05) is 6.07 Å². The quantitative estimate of drug-likeness (QED) is 0.440. The molecular weight excluding hydrogens is 492 g/mol. The van der Waals surface area contributed by atoms with E-state index in [0.717, 1.165) is 11.1 Å². The molecule has 2 aromatic heterocycles. The number of nitrogens with one attached hydrogen (secondary N) is 3. The van der Waals surface area contributed by atoms with Crippen molar-refractivity contribution in [2.75, 3.05) is 25.5 Å². The first-order valence-corrected chi connectivity index (χ1v) is 12.0. The lowest BCUT2D eigenvalue weighted by Crippen LogP contribution is -2.52. The van der Waals surface area contributed by atoms with Crippen molar-refractivity contribution in [1.82, 2.24) is 25.4 Å². The largest absolute Gasteiger partial charge is 0.497 e. The van der Waals surface area contributed by atoms with Gasteiger partial charge >= 0.3 is 12.1 Å². The molecule has 3 N–H and O–H groups in total. The summed E-state index contributed by atoms with van der Waals surface area (Å²) in [6.45, 7) is 0.799. The molecule has 1 aromatic carbocycles. The van der Waals surface area contributed by atoms with Crippen molar-refractivity contribution >= 4 is 29.6 Å². The van der Waals surface area contributed by atoms with Crippen LogP contribution in [0, 0.1) is 0 Å². The molecule has 1 saturated heterocycles. The van der Waals surface area contributed by atoms with Crippen LogP contribution in [0.2, 0.25) is 0 Å². The van der Waals surface area contributed by atoms with Crippen LogP contribution in [0.4, 0.5) is 15.3 Å². The van der Waals surface area contributed by atoms with E-state index >= 15 is 0 Å². The number of imide groups is 1. The summed E-state index contributed by atoms with van der Waals surface area (Å²) in [6, 6.07) is 9.43. The number of fused-ring (bicyclic) bond motifs is 2. The monoisotopic (exact) mass is 516 g/mol. The minimum Gasteiger partial charge on any atom is -0.497 e. The van der Waals surface area contributed by atoms with Crippen LogP contribution in [0.1, 0.15) is 33.0 Å². The number of amides is 6. The van der Waals surface area contributed by atoms with E-state index in [1.165, 1.54) is 12.0 Å². The second-order valence-electron chi connectivity index (χ2n) is 9.40. The van der Waals surface area contributed by atoms with Gasteiger partial charge in [-0.15, -0.1) is 0 Å². The van der Waals surface area contributed by atoms with Crippen molar-refractivity contribution in [3.05, 3.63) is 77.0 Å². The SMILES string of the molecule is COc1ccc2c(c1)C(=O)N(C[C@@]1(c3cc4c(o3)CCN(C(=O)Nc3cccnc3)C4)NC(=O)NC1=O)C2. The minimum absolute atomic E-state index is 0.127. The first-order chi connectivity index (χ1) is 18.4. The van der Waals surface area contributed by atoms with Gasteiger partial charge in [-0.1, -0.05) is 6.07 Å². The van der Waals surface area contributed by atoms with Crippen molar-refractivity contribution in [3.8, 4) is 5.75 Å². The molecule has 12 nitrogen and oxygen atoms in total. The van der Waals surface area contributed by atoms with Crippen LogP contribution in [0.15, 0.2) is 53.2 Å². The van der Waals surface area contributed by atoms with Crippen molar-refractivity contribution < 1.29 is 28.3 Å². The Kier molecular flexibility index (Phi) is 5.51. The standard InChI is InChI=1S/C26H24N6O6/c1-37-18-5-4-15-12-32(22(33)19(15)10-18)14-26(23(34)29-24(35)30-26)21-9-16-13-31(8-6-20(16)38-21)25(36)28-17-3-2-7-27-11-17/h2-5,7,9-11H,6,8,12-14H2,1H3,(H,28,36)(H2,29,30,34,35)/t26-/m0/s1. The Morgan fingerprint density at radius 1 is 1.18 bits per heavy atom. The maximum absolute atomic E-state index is 13.2. The van der Waals surface area contributed by atoms with Gasteiger partial charge in [0, 0.05) is 36.8 Å². The Bertz CT molecular complexity index is 1470. The lowest BCUT2D eigenvalue weighted by molar-refractivity contribution is -0.125. The molecule has 0 radical (unpaired) electrons. The van der Waals surface area contributed by atoms with Crippen molar-refractivity contribution in [1.29, 1.82) is 0 Å². The van der Waals surface area contributed by atoms with Gasteiger partial charge in [0.25, 0.3) is 11.8 Å². The van der Waals surface area contributed by atoms with E-state index < -0.39 is 17.5 Å². The Balaban J connectivity index is 1.26. The molecule has 3 aromatic rings. The number of carbonyl (C=O) groups is 4. The molecule has 3 aliphatic heterocycles. The van der Waals surface area contributed by atoms with Crippen LogP contribution in [0.5, 0.6) is 5.75 Å². The minimum atomic E-state index is -1.61. The van der Waals surface area contributed by atoms with Gasteiger partial charge in [0.15, 0.2) is 5.54 Å². The number of aromatic nitrogens is 1. The zero-order valence-electron chi connectivity index (χ0n) is 20.4. The smallest absolute Gasteiger partial charge is 0.322 e. The number of anilines is 1. The number of nitrogens with zero attached hydrogens (tertiary/aromatic N) is 3. The summed E-state index contributed by atoms with van der Waals surface area (Å²) in [5.41, 5.74) is 0.970. The predicted octanol–water partition coefficient (Wildman–Crippen LogP) is 1.96. The second kappa shape index (κ2) is 8.91. The fraction of sp³-hybridized carbons (Fsp3) is 0.269. The highest BCUT2D eigenvalue weighted by Gasteiger charge is 2.53. The average molecular weight is 517 g/mol. The molecule has 0 spiro atoms. The molecule has 3 aliphatic rings. The number of pyridine rings is 1. The number of ether oxygens (including phenoxy) is 1. The Hall–Kier alpha value is -4.87. The molecule has 0 aliphatic carbocycles. The zero-order valence-corrected chi connectivity index (χ0v) is 20.4. The van der Waals surface area contributed by atoms with Gasteiger partial charge in [-0.05, 0) is 35.9 Å². The van der Waals surface area contributed by atoms with E-state index in [2.05, 4.69) is 20.9 Å². The topological polar surface area (TPSA) is 146 Å². The van der Waals surface area contributed by atoms with Crippen LogP contribution in [0.3, 0.4) is 0 Å². The molecule has 1 atom stereocenters. The number of furan rings is 1. The molecule has 5 heterocycles. The summed E-state index contributed by atoms with van der Waals surface area (Å²) < 4.78 is 11.4. The maximum atomic E-state index is 13.2. The fourth-order valence-corrected chi connectivity index (χ4v) is 5.09. The molecular formula is C26H24N6O6. The number of carbonyl (C=O) groups excluding carboxylic acids is 4. The lowest BCUT2D eigenvalue weighted by atomic mass is 9.94. The first-order valence-electron chi connectivity index (χ1n) is 12.0. The van der Waals surface area contributed by atoms with Gasteiger partial charge in [0.05, 0.1) is 32.1 Å². The molecule has 6 rings (SSSR count). The number of hydrogen-bond acceptors (Lipinski definition) is 7. The lowest BCUT2D eigenvalue weighted by Gasteiger charge is -2.29. The van der Waals surface area contributed by atoms with Crippen LogP contribution in [-0.2, 0) is 29.8 Å². The molecule has 0 bridgehead atoms. The Morgan fingerprint density at radius 3 is 2.79 bits per heavy atom. The summed E-state index contributed by atoms with van der Waals surface area (Å²) >= 11 is 0. The summed E-state index contributed by atoms with van der Waals surface area (Å²) in [5, 5.41) is 7.79. The average Bonchev–Trinajstić information content (AvgIpc) is 3.57. The number of benzene rings is 1. The van der Waals surface area contributed by atoms with Gasteiger partial charge < -0.3 is 29.6 Å². The van der Waals surface area contributed by atoms with Gasteiger partial charge in [-0.25, -0.2) is 9.59 Å². The summed E-state index contributed by atoms with van der Waals surface area (Å²) in [6.07, 6.45) is 3.60. The van der Waals surface area contributed by atoms with Gasteiger partial charge in [0.2, 0.25) is 0 Å². The van der Waals surface area contributed by atoms with E-state index in [9.17, 15) is 19.2 Å². The molecule has 6 amide bonds. The number of methoxy groups -OCH3 is 1. The van der Waals surface area contributed by atoms with Gasteiger partial charge in [0.1, 0.15) is 17.3 Å². The molecule has 1 fully saturated rings. The summed E-state index contributed by atoms with van der Waals surface area (Å²) in [5.74, 6) is 0.500. The molecule has 194 valence electrons. The number of hydrogen-bond donors (Lipinski definition) is 3. The van der Waals surface area contributed by atoms with Gasteiger partial charge in [-0.2, -0.15) is 0 Å². The fourth-order valence-electron chi connectivity index (χ4n) is 5.09. The predicted molar refractivity (Wildman–Crippen MR) is 132 cm³/mol. The maximum Gasteiger partial charge on any atom is 0.322 e. The van der Waals surface area contributed by atoms with E-state index in [1.54, 1.807) is 47.6 Å². The highest BCUT2D eigenvalue weighted by Crippen LogP contribution is 2.35. The normalized spacial score (nSPS) is 20.1. The molecule has 38 heavy (non-hydrogen) atoms. The summed E-state index contributed by atoms with van der Waals surface area (Å²) in [7, 11) is 1.52. The van der Waals surface area contributed by atoms with Crippen LogP contribution >= 0.6 is 0 Å². The van der Waals surface area contributed by atoms with E-state index in [0.29, 0.717) is 35.7 Å². The number of rotatable bonds is 5. The first kappa shape index (κ1) is 23.5. The van der Waals surface area contributed by atoms with Crippen LogP contribution in [0.25, 0.3) is 0 Å². The van der Waals surface area contributed by atoms with E-state index in [4.69, 9.17) is 9.15 Å². The molecule has 12 heteroatoms. The van der Waals surface area contributed by atoms with Gasteiger partial charge in [-0.3, -0.25) is 19.9 Å². The summed E-state index contributed by atoms with van der Waals surface area (Å²) in [4.78, 5) is 58.6. The highest BCUT2D eigenvalue weighted by atomic mass is 16.5. The highest BCUT2D eigenvalue weighted by molar-refractivity contribution is 6.08. The molecule has 0 unspecified atom stereocenters. The zero-order chi connectivity index (χ0) is 26.4. The van der Waals surface area contributed by atoms with Crippen LogP contribution < -0.4 is 20.7 Å². The van der Waals surface area contributed by atoms with Crippen molar-refractivity contribution in [2.24, 2.45) is 0 Å².